The van der Waals surface area contributed by atoms with E-state index in [0.29, 0.717) is 29.4 Å². The number of amides is 1. The summed E-state index contributed by atoms with van der Waals surface area (Å²) >= 11 is 0. The third-order valence-corrected chi connectivity index (χ3v) is 7.80. The van der Waals surface area contributed by atoms with Crippen molar-refractivity contribution in [3.63, 3.8) is 0 Å². The predicted molar refractivity (Wildman–Crippen MR) is 143 cm³/mol. The van der Waals surface area contributed by atoms with Gasteiger partial charge in [0.15, 0.2) is 11.5 Å². The van der Waals surface area contributed by atoms with E-state index in [2.05, 4.69) is 15.5 Å². The van der Waals surface area contributed by atoms with Crippen LogP contribution >= 0.6 is 0 Å². The number of nitrogens with one attached hydrogen (secondary N) is 1. The Kier molecular flexibility index (Phi) is 8.47. The van der Waals surface area contributed by atoms with Gasteiger partial charge in [0, 0.05) is 24.2 Å². The van der Waals surface area contributed by atoms with E-state index in [1.165, 1.54) is 49.9 Å². The summed E-state index contributed by atoms with van der Waals surface area (Å²) in [6.07, 6.45) is 0. The van der Waals surface area contributed by atoms with Gasteiger partial charge in [0.1, 0.15) is 0 Å². The van der Waals surface area contributed by atoms with Crippen molar-refractivity contribution in [2.75, 3.05) is 33.2 Å². The lowest BCUT2D eigenvalue weighted by atomic mass is 10.2. The van der Waals surface area contributed by atoms with Crippen molar-refractivity contribution in [2.45, 2.75) is 18.4 Å². The molecule has 1 aromatic heterocycles. The molecule has 1 N–H and O–H groups in total. The molecular formula is C27H28N4O7S. The van der Waals surface area contributed by atoms with Gasteiger partial charge in [0.05, 0.1) is 26.2 Å². The molecule has 0 radical (unpaired) electrons. The van der Waals surface area contributed by atoms with Gasteiger partial charge >= 0.3 is 6.01 Å². The number of hydrogen-bond acceptors (Lipinski definition) is 9. The van der Waals surface area contributed by atoms with E-state index in [4.69, 9.17) is 18.6 Å². The van der Waals surface area contributed by atoms with Crippen molar-refractivity contribution in [2.24, 2.45) is 0 Å². The summed E-state index contributed by atoms with van der Waals surface area (Å²) in [6.45, 7) is 2.32. The molecule has 0 aliphatic carbocycles. The molecule has 1 amide bonds. The highest BCUT2D eigenvalue weighted by Gasteiger charge is 2.24. The Morgan fingerprint density at radius 2 is 1.56 bits per heavy atom. The molecule has 204 valence electrons. The summed E-state index contributed by atoms with van der Waals surface area (Å²) in [6, 6.07) is 18.1. The van der Waals surface area contributed by atoms with Crippen LogP contribution in [0.1, 0.15) is 22.8 Å². The van der Waals surface area contributed by atoms with Crippen molar-refractivity contribution in [3.8, 4) is 28.7 Å². The highest BCUT2D eigenvalue weighted by atomic mass is 32.2. The van der Waals surface area contributed by atoms with E-state index >= 15 is 0 Å². The van der Waals surface area contributed by atoms with Crippen molar-refractivity contribution in [1.82, 2.24) is 14.5 Å². The van der Waals surface area contributed by atoms with Gasteiger partial charge in [-0.1, -0.05) is 42.4 Å². The Balaban J connectivity index is 1.48. The van der Waals surface area contributed by atoms with Crippen LogP contribution in [0.25, 0.3) is 11.5 Å². The molecule has 0 bridgehead atoms. The summed E-state index contributed by atoms with van der Waals surface area (Å²) in [5.41, 5.74) is 1.58. The second-order valence-corrected chi connectivity index (χ2v) is 10.2. The maximum absolute atomic E-state index is 13.2. The largest absolute Gasteiger partial charge is 0.493 e. The SMILES string of the molecule is CCN(Cc1ccccc1)S(=O)(=O)c1ccc(C(=O)Nc2nnc(-c3cc(OC)c(OC)c(OC)c3)o2)cc1. The van der Waals surface area contributed by atoms with Crippen molar-refractivity contribution >= 4 is 21.9 Å². The Morgan fingerprint density at radius 1 is 0.923 bits per heavy atom. The fourth-order valence-corrected chi connectivity index (χ4v) is 5.28. The first-order valence-electron chi connectivity index (χ1n) is 11.9. The predicted octanol–water partition coefficient (Wildman–Crippen LogP) is 4.23. The van der Waals surface area contributed by atoms with Gasteiger partial charge < -0.3 is 18.6 Å². The quantitative estimate of drug-likeness (QED) is 0.290. The zero-order valence-corrected chi connectivity index (χ0v) is 22.7. The first-order chi connectivity index (χ1) is 18.8. The zero-order valence-electron chi connectivity index (χ0n) is 21.9. The molecule has 0 saturated carbocycles. The number of methoxy groups -OCH3 is 3. The van der Waals surface area contributed by atoms with Crippen LogP contribution in [0.4, 0.5) is 6.01 Å². The van der Waals surface area contributed by atoms with E-state index in [-0.39, 0.29) is 28.9 Å². The first kappa shape index (κ1) is 27.6. The molecule has 4 aromatic rings. The summed E-state index contributed by atoms with van der Waals surface area (Å²) in [5, 5.41) is 10.4. The number of anilines is 1. The van der Waals surface area contributed by atoms with Gasteiger partial charge in [0.25, 0.3) is 5.91 Å². The van der Waals surface area contributed by atoms with Gasteiger partial charge in [-0.05, 0) is 42.0 Å². The van der Waals surface area contributed by atoms with Crippen molar-refractivity contribution < 1.29 is 31.8 Å². The molecule has 0 saturated heterocycles. The molecule has 12 heteroatoms. The molecule has 0 unspecified atom stereocenters. The Labute approximate surface area is 226 Å². The summed E-state index contributed by atoms with van der Waals surface area (Å²) in [4.78, 5) is 12.9. The molecule has 1 heterocycles. The molecule has 0 spiro atoms. The number of carbonyl (C=O) groups is 1. The lowest BCUT2D eigenvalue weighted by Crippen LogP contribution is -2.30. The lowest BCUT2D eigenvalue weighted by molar-refractivity contribution is 0.102. The van der Waals surface area contributed by atoms with Crippen LogP contribution in [0.5, 0.6) is 17.2 Å². The maximum Gasteiger partial charge on any atom is 0.322 e. The molecule has 3 aromatic carbocycles. The fourth-order valence-electron chi connectivity index (χ4n) is 3.85. The van der Waals surface area contributed by atoms with Gasteiger partial charge in [-0.25, -0.2) is 8.42 Å². The third kappa shape index (κ3) is 6.02. The highest BCUT2D eigenvalue weighted by Crippen LogP contribution is 2.41. The van der Waals surface area contributed by atoms with Crippen LogP contribution in [0.2, 0.25) is 0 Å². The summed E-state index contributed by atoms with van der Waals surface area (Å²) < 4.78 is 49.3. The minimum Gasteiger partial charge on any atom is -0.493 e. The molecule has 39 heavy (non-hydrogen) atoms. The molecule has 11 nitrogen and oxygen atoms in total. The molecule has 0 fully saturated rings. The van der Waals surface area contributed by atoms with Gasteiger partial charge in [-0.2, -0.15) is 4.31 Å². The Morgan fingerprint density at radius 3 is 2.13 bits per heavy atom. The Bertz CT molecular complexity index is 1510. The van der Waals surface area contributed by atoms with Gasteiger partial charge in [0.2, 0.25) is 21.7 Å². The molecule has 0 aliphatic rings. The number of sulfonamides is 1. The monoisotopic (exact) mass is 552 g/mol. The Hall–Kier alpha value is -4.42. The van der Waals surface area contributed by atoms with Crippen LogP contribution in [-0.2, 0) is 16.6 Å². The minimum absolute atomic E-state index is 0.0827. The number of aromatic nitrogens is 2. The van der Waals surface area contributed by atoms with E-state index in [0.717, 1.165) is 5.56 Å². The van der Waals surface area contributed by atoms with Crippen LogP contribution < -0.4 is 19.5 Å². The number of rotatable bonds is 11. The summed E-state index contributed by atoms with van der Waals surface area (Å²) in [7, 11) is 0.702. The minimum atomic E-state index is -3.76. The van der Waals surface area contributed by atoms with Crippen molar-refractivity contribution in [3.05, 3.63) is 77.9 Å². The average Bonchev–Trinajstić information content (AvgIpc) is 3.43. The van der Waals surface area contributed by atoms with Crippen LogP contribution in [0, 0.1) is 0 Å². The number of carbonyl (C=O) groups excluding carboxylic acids is 1. The first-order valence-corrected chi connectivity index (χ1v) is 13.3. The van der Waals surface area contributed by atoms with Gasteiger partial charge in [-0.15, -0.1) is 5.10 Å². The molecule has 4 rings (SSSR count). The van der Waals surface area contributed by atoms with Crippen LogP contribution in [0.15, 0.2) is 76.0 Å². The van der Waals surface area contributed by atoms with E-state index < -0.39 is 15.9 Å². The smallest absolute Gasteiger partial charge is 0.322 e. The van der Waals surface area contributed by atoms with Crippen LogP contribution in [-0.4, -0.2) is 56.7 Å². The molecule has 0 aliphatic heterocycles. The second-order valence-electron chi connectivity index (χ2n) is 8.22. The standard InChI is InChI=1S/C27H28N4O7S/c1-5-31(17-18-9-7-6-8-10-18)39(33,34)21-13-11-19(12-14-21)25(32)28-27-30-29-26(38-27)20-15-22(35-2)24(37-4)23(16-20)36-3/h6-16H,5,17H2,1-4H3,(H,28,30,32). The average molecular weight is 553 g/mol. The summed E-state index contributed by atoms with van der Waals surface area (Å²) in [5.74, 6) is 0.774. The second kappa shape index (κ2) is 12.0. The van der Waals surface area contributed by atoms with Gasteiger partial charge in [-0.3, -0.25) is 10.1 Å². The van der Waals surface area contributed by atoms with E-state index in [1.807, 2.05) is 30.3 Å². The van der Waals surface area contributed by atoms with Crippen molar-refractivity contribution in [1.29, 1.82) is 0 Å². The highest BCUT2D eigenvalue weighted by molar-refractivity contribution is 7.89. The molecular weight excluding hydrogens is 524 g/mol. The number of ether oxygens (including phenoxy) is 3. The topological polar surface area (TPSA) is 133 Å². The maximum atomic E-state index is 13.2. The normalized spacial score (nSPS) is 11.3. The number of benzene rings is 3. The number of nitrogens with zero attached hydrogens (tertiary/aromatic N) is 3. The third-order valence-electron chi connectivity index (χ3n) is 5.87. The fraction of sp³-hybridized carbons (Fsp3) is 0.222. The lowest BCUT2D eigenvalue weighted by Gasteiger charge is -2.20. The van der Waals surface area contributed by atoms with E-state index in [1.54, 1.807) is 19.1 Å². The number of hydrogen-bond donors (Lipinski definition) is 1. The molecule has 0 atom stereocenters. The van der Waals surface area contributed by atoms with Crippen LogP contribution in [0.3, 0.4) is 0 Å². The van der Waals surface area contributed by atoms with E-state index in [9.17, 15) is 13.2 Å². The zero-order chi connectivity index (χ0) is 28.0.